The molecule has 1 heterocycles. The fourth-order valence-corrected chi connectivity index (χ4v) is 2.93. The van der Waals surface area contributed by atoms with Crippen molar-refractivity contribution in [3.05, 3.63) is 11.9 Å². The lowest BCUT2D eigenvalue weighted by Crippen LogP contribution is -2.29. The summed E-state index contributed by atoms with van der Waals surface area (Å²) in [6.45, 7) is 6.77. The van der Waals surface area contributed by atoms with Gasteiger partial charge in [0, 0.05) is 19.3 Å². The first kappa shape index (κ1) is 12.5. The zero-order chi connectivity index (χ0) is 12.4. The van der Waals surface area contributed by atoms with Gasteiger partial charge in [-0.15, -0.1) is 0 Å². The molecular weight excluding hydrogens is 210 g/mol. The Morgan fingerprint density at radius 3 is 2.76 bits per heavy atom. The Kier molecular flexibility index (Phi) is 3.75. The average molecular weight is 235 g/mol. The fourth-order valence-electron chi connectivity index (χ4n) is 2.93. The number of nitrogens with one attached hydrogen (secondary N) is 1. The van der Waals surface area contributed by atoms with Crippen LogP contribution in [0.2, 0.25) is 0 Å². The lowest BCUT2D eigenvalue weighted by molar-refractivity contribution is 0.264. The molecule has 2 unspecified atom stereocenters. The van der Waals surface area contributed by atoms with Gasteiger partial charge in [0.05, 0.1) is 11.4 Å². The maximum Gasteiger partial charge on any atom is 0.0825 e. The van der Waals surface area contributed by atoms with Crippen LogP contribution in [0.15, 0.2) is 6.20 Å². The highest BCUT2D eigenvalue weighted by molar-refractivity contribution is 5.46. The number of aromatic nitrogens is 2. The number of hydrogen-bond donors (Lipinski definition) is 1. The van der Waals surface area contributed by atoms with Crippen molar-refractivity contribution in [2.24, 2.45) is 18.9 Å². The van der Waals surface area contributed by atoms with Crippen LogP contribution >= 0.6 is 0 Å². The summed E-state index contributed by atoms with van der Waals surface area (Å²) in [6.07, 6.45) is 7.47. The molecule has 0 spiro atoms. The Hall–Kier alpha value is -0.990. The van der Waals surface area contributed by atoms with Gasteiger partial charge in [-0.05, 0) is 31.6 Å². The summed E-state index contributed by atoms with van der Waals surface area (Å²) in [5, 5.41) is 8.06. The van der Waals surface area contributed by atoms with Crippen LogP contribution in [0, 0.1) is 18.8 Å². The number of anilines is 1. The summed E-state index contributed by atoms with van der Waals surface area (Å²) in [4.78, 5) is 0. The van der Waals surface area contributed by atoms with Gasteiger partial charge in [0.1, 0.15) is 0 Å². The first-order valence-electron chi connectivity index (χ1n) is 6.83. The van der Waals surface area contributed by atoms with Crippen LogP contribution < -0.4 is 5.32 Å². The number of hydrogen-bond acceptors (Lipinski definition) is 2. The molecule has 0 aromatic carbocycles. The molecular formula is C14H25N3. The summed E-state index contributed by atoms with van der Waals surface area (Å²) >= 11 is 0. The fraction of sp³-hybridized carbons (Fsp3) is 0.786. The summed E-state index contributed by atoms with van der Waals surface area (Å²) < 4.78 is 1.89. The van der Waals surface area contributed by atoms with Crippen molar-refractivity contribution in [3.63, 3.8) is 0 Å². The van der Waals surface area contributed by atoms with Gasteiger partial charge in [-0.1, -0.05) is 26.7 Å². The molecule has 3 nitrogen and oxygen atoms in total. The second-order valence-electron chi connectivity index (χ2n) is 5.81. The second-order valence-corrected chi connectivity index (χ2v) is 5.81. The molecule has 3 heteroatoms. The maximum absolute atomic E-state index is 4.38. The summed E-state index contributed by atoms with van der Waals surface area (Å²) in [6, 6.07) is 0.638. The molecule has 2 rings (SSSR count). The monoisotopic (exact) mass is 235 g/mol. The predicted octanol–water partition coefficient (Wildman–Crippen LogP) is 3.36. The molecule has 0 aliphatic heterocycles. The van der Waals surface area contributed by atoms with E-state index in [9.17, 15) is 0 Å². The predicted molar refractivity (Wildman–Crippen MR) is 72.2 cm³/mol. The van der Waals surface area contributed by atoms with Crippen LogP contribution in [0.3, 0.4) is 0 Å². The highest BCUT2D eigenvalue weighted by atomic mass is 15.3. The maximum atomic E-state index is 4.38. The van der Waals surface area contributed by atoms with E-state index in [1.807, 2.05) is 11.7 Å². The quantitative estimate of drug-likeness (QED) is 0.870. The molecule has 1 aromatic rings. The molecule has 1 aliphatic carbocycles. The molecule has 0 saturated heterocycles. The Morgan fingerprint density at radius 2 is 2.18 bits per heavy atom. The van der Waals surface area contributed by atoms with Crippen LogP contribution in [0.5, 0.6) is 0 Å². The van der Waals surface area contributed by atoms with Gasteiger partial charge in [0.25, 0.3) is 0 Å². The molecule has 0 radical (unpaired) electrons. The minimum absolute atomic E-state index is 0.638. The van der Waals surface area contributed by atoms with Crippen LogP contribution in [0.25, 0.3) is 0 Å². The van der Waals surface area contributed by atoms with Crippen LogP contribution in [-0.4, -0.2) is 15.8 Å². The van der Waals surface area contributed by atoms with E-state index in [0.29, 0.717) is 6.04 Å². The minimum Gasteiger partial charge on any atom is -0.380 e. The average Bonchev–Trinajstić information content (AvgIpc) is 2.58. The Labute approximate surface area is 105 Å². The summed E-state index contributed by atoms with van der Waals surface area (Å²) in [5.41, 5.74) is 2.32. The van der Waals surface area contributed by atoms with Gasteiger partial charge in [-0.2, -0.15) is 5.10 Å². The first-order valence-corrected chi connectivity index (χ1v) is 6.83. The summed E-state index contributed by atoms with van der Waals surface area (Å²) in [7, 11) is 1.98. The largest absolute Gasteiger partial charge is 0.380 e. The minimum atomic E-state index is 0.638. The smallest absolute Gasteiger partial charge is 0.0825 e. The van der Waals surface area contributed by atoms with Crippen molar-refractivity contribution in [2.45, 2.75) is 52.5 Å². The Balaban J connectivity index is 1.97. The lowest BCUT2D eigenvalue weighted by atomic mass is 9.79. The van der Waals surface area contributed by atoms with E-state index in [1.54, 1.807) is 0 Å². The molecule has 96 valence electrons. The van der Waals surface area contributed by atoms with Gasteiger partial charge in [-0.3, -0.25) is 4.68 Å². The number of rotatable bonds is 3. The van der Waals surface area contributed by atoms with Crippen molar-refractivity contribution in [1.82, 2.24) is 9.78 Å². The van der Waals surface area contributed by atoms with Crippen LogP contribution in [-0.2, 0) is 7.05 Å². The molecule has 0 bridgehead atoms. The number of nitrogens with zero attached hydrogens (tertiary/aromatic N) is 2. The van der Waals surface area contributed by atoms with E-state index in [4.69, 9.17) is 0 Å². The van der Waals surface area contributed by atoms with Gasteiger partial charge in [-0.25, -0.2) is 0 Å². The SMILES string of the molecule is Cc1nn(C)cc1NC1CCCC(C(C)C)C1. The molecule has 2 atom stereocenters. The van der Waals surface area contributed by atoms with Crippen LogP contribution in [0.4, 0.5) is 5.69 Å². The normalized spacial score (nSPS) is 25.2. The van der Waals surface area contributed by atoms with Crippen molar-refractivity contribution in [3.8, 4) is 0 Å². The standard InChI is InChI=1S/C14H25N3/c1-10(2)12-6-5-7-13(8-12)15-14-9-17(4)16-11(14)3/h9-10,12-13,15H,5-8H2,1-4H3. The third-order valence-corrected chi connectivity index (χ3v) is 4.03. The van der Waals surface area contributed by atoms with E-state index in [1.165, 1.54) is 31.4 Å². The van der Waals surface area contributed by atoms with Gasteiger partial charge in [0.15, 0.2) is 0 Å². The highest BCUT2D eigenvalue weighted by Crippen LogP contribution is 2.31. The van der Waals surface area contributed by atoms with Crippen molar-refractivity contribution >= 4 is 5.69 Å². The highest BCUT2D eigenvalue weighted by Gasteiger charge is 2.24. The summed E-state index contributed by atoms with van der Waals surface area (Å²) in [5.74, 6) is 1.70. The van der Waals surface area contributed by atoms with Crippen molar-refractivity contribution in [2.75, 3.05) is 5.32 Å². The van der Waals surface area contributed by atoms with E-state index in [0.717, 1.165) is 17.5 Å². The van der Waals surface area contributed by atoms with E-state index < -0.39 is 0 Å². The second kappa shape index (κ2) is 5.11. The molecule has 1 saturated carbocycles. The topological polar surface area (TPSA) is 29.9 Å². The molecule has 1 N–H and O–H groups in total. The lowest BCUT2D eigenvalue weighted by Gasteiger charge is -2.32. The third kappa shape index (κ3) is 3.02. The van der Waals surface area contributed by atoms with Gasteiger partial charge in [0.2, 0.25) is 0 Å². The zero-order valence-corrected chi connectivity index (χ0v) is 11.5. The van der Waals surface area contributed by atoms with Crippen molar-refractivity contribution < 1.29 is 0 Å². The molecule has 1 fully saturated rings. The molecule has 17 heavy (non-hydrogen) atoms. The van der Waals surface area contributed by atoms with E-state index in [2.05, 4.69) is 37.4 Å². The third-order valence-electron chi connectivity index (χ3n) is 4.03. The van der Waals surface area contributed by atoms with Crippen LogP contribution in [0.1, 0.15) is 45.2 Å². The Morgan fingerprint density at radius 1 is 1.41 bits per heavy atom. The zero-order valence-electron chi connectivity index (χ0n) is 11.5. The molecule has 0 amide bonds. The van der Waals surface area contributed by atoms with Gasteiger partial charge >= 0.3 is 0 Å². The van der Waals surface area contributed by atoms with E-state index in [-0.39, 0.29) is 0 Å². The van der Waals surface area contributed by atoms with Gasteiger partial charge < -0.3 is 5.32 Å². The first-order chi connectivity index (χ1) is 8.06. The Bertz CT molecular complexity index is 368. The van der Waals surface area contributed by atoms with E-state index >= 15 is 0 Å². The van der Waals surface area contributed by atoms with Crippen molar-refractivity contribution in [1.29, 1.82) is 0 Å². The molecule has 1 aliphatic rings. The number of aryl methyl sites for hydroxylation is 2. The molecule has 1 aromatic heterocycles.